The number of aromatic amines is 1. The molecule has 17 heavy (non-hydrogen) atoms. The zero-order valence-corrected chi connectivity index (χ0v) is 9.36. The lowest BCUT2D eigenvalue weighted by Gasteiger charge is -2.03. The summed E-state index contributed by atoms with van der Waals surface area (Å²) in [6, 6.07) is 8.08. The van der Waals surface area contributed by atoms with Crippen molar-refractivity contribution in [1.29, 1.82) is 0 Å². The maximum Gasteiger partial charge on any atom is 0.315 e. The maximum atomic E-state index is 11.4. The third kappa shape index (κ3) is 2.38. The van der Waals surface area contributed by atoms with Gasteiger partial charge in [-0.25, -0.2) is 9.78 Å². The van der Waals surface area contributed by atoms with Gasteiger partial charge in [-0.1, -0.05) is 12.1 Å². The molecule has 3 rings (SSSR count). The van der Waals surface area contributed by atoms with E-state index >= 15 is 0 Å². The number of hydrogen-bond donors (Lipinski definition) is 3. The van der Waals surface area contributed by atoms with Gasteiger partial charge in [0.1, 0.15) is 5.82 Å². The quantitative estimate of drug-likeness (QED) is 0.748. The van der Waals surface area contributed by atoms with E-state index in [0.717, 1.165) is 29.7 Å². The summed E-state index contributed by atoms with van der Waals surface area (Å²) >= 11 is 0. The van der Waals surface area contributed by atoms with E-state index in [1.54, 1.807) is 0 Å². The van der Waals surface area contributed by atoms with Gasteiger partial charge in [0, 0.05) is 6.04 Å². The van der Waals surface area contributed by atoms with Crippen LogP contribution in [0.4, 0.5) is 4.79 Å². The number of carbonyl (C=O) groups is 1. The number of hydrogen-bond acceptors (Lipinski definition) is 2. The van der Waals surface area contributed by atoms with E-state index in [4.69, 9.17) is 0 Å². The predicted molar refractivity (Wildman–Crippen MR) is 64.5 cm³/mol. The second-order valence-corrected chi connectivity index (χ2v) is 4.30. The number of urea groups is 1. The van der Waals surface area contributed by atoms with Crippen LogP contribution in [0.5, 0.6) is 0 Å². The minimum atomic E-state index is -0.118. The average molecular weight is 230 g/mol. The molecular formula is C12H14N4O. The molecule has 88 valence electrons. The molecular weight excluding hydrogens is 216 g/mol. The van der Waals surface area contributed by atoms with Gasteiger partial charge >= 0.3 is 6.03 Å². The number of amides is 2. The molecule has 3 N–H and O–H groups in total. The summed E-state index contributed by atoms with van der Waals surface area (Å²) in [6.45, 7) is 0.424. The van der Waals surface area contributed by atoms with Gasteiger partial charge in [-0.15, -0.1) is 0 Å². The van der Waals surface area contributed by atoms with Crippen molar-refractivity contribution >= 4 is 17.1 Å². The molecule has 0 radical (unpaired) electrons. The highest BCUT2D eigenvalue weighted by Crippen LogP contribution is 2.18. The van der Waals surface area contributed by atoms with Crippen molar-refractivity contribution < 1.29 is 4.79 Å². The number of carbonyl (C=O) groups excluding carboxylic acids is 1. The first-order chi connectivity index (χ1) is 8.31. The Hall–Kier alpha value is -2.04. The van der Waals surface area contributed by atoms with Crippen molar-refractivity contribution in [3.63, 3.8) is 0 Å². The Morgan fingerprint density at radius 2 is 2.24 bits per heavy atom. The summed E-state index contributed by atoms with van der Waals surface area (Å²) in [5.41, 5.74) is 1.92. The van der Waals surface area contributed by atoms with Crippen LogP contribution in [0.3, 0.4) is 0 Å². The van der Waals surface area contributed by atoms with E-state index in [0.29, 0.717) is 12.6 Å². The lowest BCUT2D eigenvalue weighted by atomic mass is 10.3. The standard InChI is InChI=1S/C12H14N4O/c17-12(14-8-5-6-8)13-7-11-15-9-3-1-2-4-10(9)16-11/h1-4,8H,5-7H2,(H,15,16)(H2,13,14,17). The number of imidazole rings is 1. The van der Waals surface area contributed by atoms with Crippen molar-refractivity contribution in [2.75, 3.05) is 0 Å². The number of para-hydroxylation sites is 2. The van der Waals surface area contributed by atoms with Crippen LogP contribution in [0.1, 0.15) is 18.7 Å². The smallest absolute Gasteiger partial charge is 0.315 e. The zero-order chi connectivity index (χ0) is 11.7. The van der Waals surface area contributed by atoms with Gasteiger partial charge in [0.2, 0.25) is 0 Å². The van der Waals surface area contributed by atoms with Gasteiger partial charge in [-0.2, -0.15) is 0 Å². The third-order valence-corrected chi connectivity index (χ3v) is 2.77. The van der Waals surface area contributed by atoms with Crippen LogP contribution >= 0.6 is 0 Å². The predicted octanol–water partition coefficient (Wildman–Crippen LogP) is 1.52. The first-order valence-corrected chi connectivity index (χ1v) is 5.79. The van der Waals surface area contributed by atoms with Crippen LogP contribution in [-0.2, 0) is 6.54 Å². The number of rotatable bonds is 3. The molecule has 1 aromatic carbocycles. The van der Waals surface area contributed by atoms with Gasteiger partial charge in [-0.05, 0) is 25.0 Å². The summed E-state index contributed by atoms with van der Waals surface area (Å²) in [6.07, 6.45) is 2.19. The molecule has 1 aliphatic carbocycles. The lowest BCUT2D eigenvalue weighted by Crippen LogP contribution is -2.36. The second kappa shape index (κ2) is 4.08. The summed E-state index contributed by atoms with van der Waals surface area (Å²) in [5.74, 6) is 0.775. The van der Waals surface area contributed by atoms with E-state index in [2.05, 4.69) is 20.6 Å². The van der Waals surface area contributed by atoms with Crippen LogP contribution in [0, 0.1) is 0 Å². The average Bonchev–Trinajstić information content (AvgIpc) is 3.03. The number of benzene rings is 1. The van der Waals surface area contributed by atoms with E-state index in [1.807, 2.05) is 24.3 Å². The van der Waals surface area contributed by atoms with Crippen LogP contribution in [-0.4, -0.2) is 22.0 Å². The van der Waals surface area contributed by atoms with E-state index in [-0.39, 0.29) is 6.03 Å². The van der Waals surface area contributed by atoms with Crippen molar-refractivity contribution in [3.05, 3.63) is 30.1 Å². The monoisotopic (exact) mass is 230 g/mol. The molecule has 1 fully saturated rings. The molecule has 0 saturated heterocycles. The highest BCUT2D eigenvalue weighted by Gasteiger charge is 2.22. The minimum Gasteiger partial charge on any atom is -0.340 e. The molecule has 1 saturated carbocycles. The van der Waals surface area contributed by atoms with Crippen molar-refractivity contribution in [1.82, 2.24) is 20.6 Å². The molecule has 1 heterocycles. The van der Waals surface area contributed by atoms with E-state index in [9.17, 15) is 4.79 Å². The summed E-state index contributed by atoms with van der Waals surface area (Å²) in [7, 11) is 0. The van der Waals surface area contributed by atoms with Crippen molar-refractivity contribution in [3.8, 4) is 0 Å². The molecule has 2 amide bonds. The van der Waals surface area contributed by atoms with E-state index < -0.39 is 0 Å². The molecule has 0 bridgehead atoms. The largest absolute Gasteiger partial charge is 0.340 e. The molecule has 5 nitrogen and oxygen atoms in total. The Morgan fingerprint density at radius 1 is 1.41 bits per heavy atom. The molecule has 2 aromatic rings. The zero-order valence-electron chi connectivity index (χ0n) is 9.36. The Balaban J connectivity index is 1.61. The number of nitrogens with one attached hydrogen (secondary N) is 3. The minimum absolute atomic E-state index is 0.118. The molecule has 0 aliphatic heterocycles. The van der Waals surface area contributed by atoms with Gasteiger partial charge in [0.25, 0.3) is 0 Å². The SMILES string of the molecule is O=C(NCc1nc2ccccc2[nH]1)NC1CC1. The second-order valence-electron chi connectivity index (χ2n) is 4.30. The first kappa shape index (κ1) is 10.1. The first-order valence-electron chi connectivity index (χ1n) is 5.79. The number of aromatic nitrogens is 2. The molecule has 0 spiro atoms. The van der Waals surface area contributed by atoms with Gasteiger partial charge in [-0.3, -0.25) is 0 Å². The van der Waals surface area contributed by atoms with Crippen molar-refractivity contribution in [2.24, 2.45) is 0 Å². The number of fused-ring (bicyclic) bond motifs is 1. The number of H-pyrrole nitrogens is 1. The molecule has 1 aliphatic rings. The van der Waals surface area contributed by atoms with Crippen LogP contribution in [0.2, 0.25) is 0 Å². The summed E-state index contributed by atoms with van der Waals surface area (Å²) in [5, 5.41) is 5.65. The lowest BCUT2D eigenvalue weighted by molar-refractivity contribution is 0.240. The van der Waals surface area contributed by atoms with Crippen molar-refractivity contribution in [2.45, 2.75) is 25.4 Å². The van der Waals surface area contributed by atoms with Crippen LogP contribution in [0.25, 0.3) is 11.0 Å². The summed E-state index contributed by atoms with van der Waals surface area (Å²) in [4.78, 5) is 19.0. The molecule has 0 atom stereocenters. The normalized spacial score (nSPS) is 14.8. The Labute approximate surface area is 98.6 Å². The van der Waals surface area contributed by atoms with Crippen LogP contribution < -0.4 is 10.6 Å². The molecule has 0 unspecified atom stereocenters. The number of nitrogens with zero attached hydrogens (tertiary/aromatic N) is 1. The highest BCUT2D eigenvalue weighted by molar-refractivity contribution is 5.76. The Bertz CT molecular complexity index is 511. The summed E-state index contributed by atoms with van der Waals surface area (Å²) < 4.78 is 0. The fourth-order valence-electron chi connectivity index (χ4n) is 1.72. The van der Waals surface area contributed by atoms with Crippen LogP contribution in [0.15, 0.2) is 24.3 Å². The van der Waals surface area contributed by atoms with Gasteiger partial charge in [0.15, 0.2) is 0 Å². The van der Waals surface area contributed by atoms with Gasteiger partial charge < -0.3 is 15.6 Å². The topological polar surface area (TPSA) is 69.8 Å². The fraction of sp³-hybridized carbons (Fsp3) is 0.333. The molecule has 5 heteroatoms. The van der Waals surface area contributed by atoms with E-state index in [1.165, 1.54) is 0 Å². The van der Waals surface area contributed by atoms with Gasteiger partial charge in [0.05, 0.1) is 17.6 Å². The maximum absolute atomic E-state index is 11.4. The highest BCUT2D eigenvalue weighted by atomic mass is 16.2. The fourth-order valence-corrected chi connectivity index (χ4v) is 1.72. The third-order valence-electron chi connectivity index (χ3n) is 2.77. The molecule has 1 aromatic heterocycles. The Kier molecular flexibility index (Phi) is 2.44. The Morgan fingerprint density at radius 3 is 3.00 bits per heavy atom.